The quantitative estimate of drug-likeness (QED) is 0.762. The highest BCUT2D eigenvalue weighted by Gasteiger charge is 2.46. The van der Waals surface area contributed by atoms with E-state index >= 15 is 0 Å². The first-order chi connectivity index (χ1) is 12.2. The monoisotopic (exact) mass is 395 g/mol. The molecule has 0 saturated carbocycles. The van der Waals surface area contributed by atoms with Crippen molar-refractivity contribution in [2.24, 2.45) is 11.1 Å². The van der Waals surface area contributed by atoms with Crippen LogP contribution in [0.3, 0.4) is 0 Å². The number of Topliss-reactive ketones (excluding diaryl/α,β-unsaturated/α-hetero) is 1. The molecule has 1 atom stereocenters. The largest absolute Gasteiger partial charge is 0.465 e. The van der Waals surface area contributed by atoms with Gasteiger partial charge >= 0.3 is 5.97 Å². The van der Waals surface area contributed by atoms with Crippen molar-refractivity contribution < 1.29 is 19.1 Å². The molecule has 0 unspecified atom stereocenters. The third-order valence-corrected chi connectivity index (χ3v) is 5.31. The van der Waals surface area contributed by atoms with Crippen LogP contribution in [0.1, 0.15) is 38.2 Å². The zero-order valence-corrected chi connectivity index (χ0v) is 16.2. The van der Waals surface area contributed by atoms with Gasteiger partial charge in [-0.25, -0.2) is 4.79 Å². The summed E-state index contributed by atoms with van der Waals surface area (Å²) in [5, 5.41) is 0.672. The van der Waals surface area contributed by atoms with Gasteiger partial charge in [0.25, 0.3) is 0 Å². The summed E-state index contributed by atoms with van der Waals surface area (Å²) in [7, 11) is 1.24. The number of carbonyl (C=O) groups excluding carboxylic acids is 2. The standard InChI is InChI=1S/C19H19Cl2NO4/c1-19(2)7-11(23)14-12(8-19)26-17(22)16(18(24)25-3)15(14)13-9(20)5-4-6-10(13)21/h4-6,15H,7-8,22H2,1-3H3/t15-/m0/s1. The van der Waals surface area contributed by atoms with E-state index in [0.29, 0.717) is 39.8 Å². The van der Waals surface area contributed by atoms with E-state index < -0.39 is 11.9 Å². The highest BCUT2D eigenvalue weighted by atomic mass is 35.5. The van der Waals surface area contributed by atoms with Gasteiger partial charge in [0.15, 0.2) is 5.78 Å². The van der Waals surface area contributed by atoms with Gasteiger partial charge < -0.3 is 15.2 Å². The smallest absolute Gasteiger partial charge is 0.340 e. The van der Waals surface area contributed by atoms with Gasteiger partial charge in [-0.2, -0.15) is 0 Å². The normalized spacial score (nSPS) is 22.0. The van der Waals surface area contributed by atoms with Gasteiger partial charge in [-0.1, -0.05) is 43.1 Å². The van der Waals surface area contributed by atoms with Crippen molar-refractivity contribution in [3.63, 3.8) is 0 Å². The second kappa shape index (κ2) is 6.63. The fraction of sp³-hybridized carbons (Fsp3) is 0.368. The third-order valence-electron chi connectivity index (χ3n) is 4.65. The molecule has 2 N–H and O–H groups in total. The number of halogens is 2. The van der Waals surface area contributed by atoms with Crippen LogP contribution in [-0.4, -0.2) is 18.9 Å². The Morgan fingerprint density at radius 1 is 1.27 bits per heavy atom. The lowest BCUT2D eigenvalue weighted by atomic mass is 9.70. The van der Waals surface area contributed by atoms with Crippen molar-refractivity contribution in [2.45, 2.75) is 32.6 Å². The number of hydrogen-bond acceptors (Lipinski definition) is 5. The molecule has 1 aromatic rings. The predicted molar refractivity (Wildman–Crippen MR) is 98.6 cm³/mol. The van der Waals surface area contributed by atoms with Crippen molar-refractivity contribution in [2.75, 3.05) is 7.11 Å². The minimum atomic E-state index is -0.823. The second-order valence-electron chi connectivity index (χ2n) is 7.22. The molecule has 0 saturated heterocycles. The van der Waals surface area contributed by atoms with E-state index in [1.807, 2.05) is 13.8 Å². The molecule has 0 radical (unpaired) electrons. The molecule has 1 aromatic carbocycles. The van der Waals surface area contributed by atoms with E-state index in [-0.39, 0.29) is 22.7 Å². The van der Waals surface area contributed by atoms with Gasteiger partial charge in [0, 0.05) is 34.0 Å². The summed E-state index contributed by atoms with van der Waals surface area (Å²) in [6, 6.07) is 5.00. The summed E-state index contributed by atoms with van der Waals surface area (Å²) in [6.07, 6.45) is 0.837. The number of ketones is 1. The molecule has 0 fully saturated rings. The molecule has 0 spiro atoms. The Balaban J connectivity index is 2.29. The fourth-order valence-electron chi connectivity index (χ4n) is 3.57. The van der Waals surface area contributed by atoms with Crippen molar-refractivity contribution in [1.82, 2.24) is 0 Å². The molecule has 26 heavy (non-hydrogen) atoms. The number of rotatable bonds is 2. The van der Waals surface area contributed by atoms with Crippen LogP contribution in [0, 0.1) is 5.41 Å². The number of carbonyl (C=O) groups is 2. The topological polar surface area (TPSA) is 78.6 Å². The molecule has 7 heteroatoms. The second-order valence-corrected chi connectivity index (χ2v) is 8.03. The summed E-state index contributed by atoms with van der Waals surface area (Å²) < 4.78 is 10.6. The Morgan fingerprint density at radius 2 is 1.88 bits per heavy atom. The molecule has 138 valence electrons. The highest BCUT2D eigenvalue weighted by molar-refractivity contribution is 6.36. The van der Waals surface area contributed by atoms with Gasteiger partial charge in [-0.05, 0) is 17.5 Å². The van der Waals surface area contributed by atoms with Gasteiger partial charge in [-0.15, -0.1) is 0 Å². The van der Waals surface area contributed by atoms with E-state index in [1.165, 1.54) is 7.11 Å². The maximum Gasteiger partial charge on any atom is 0.340 e. The van der Waals surface area contributed by atoms with Crippen LogP contribution in [0.15, 0.2) is 41.0 Å². The maximum atomic E-state index is 13.0. The first-order valence-corrected chi connectivity index (χ1v) is 8.88. The van der Waals surface area contributed by atoms with Gasteiger partial charge in [0.1, 0.15) is 11.3 Å². The molecule has 0 aromatic heterocycles. The molecule has 0 amide bonds. The number of methoxy groups -OCH3 is 1. The lowest BCUT2D eigenvalue weighted by Gasteiger charge is -2.38. The Kier molecular flexibility index (Phi) is 4.80. The number of allylic oxidation sites excluding steroid dienone is 2. The van der Waals surface area contributed by atoms with Crippen LogP contribution in [0.5, 0.6) is 0 Å². The van der Waals surface area contributed by atoms with Gasteiger partial charge in [0.05, 0.1) is 13.0 Å². The van der Waals surface area contributed by atoms with Crippen LogP contribution in [0.2, 0.25) is 10.0 Å². The summed E-state index contributed by atoms with van der Waals surface area (Å²) in [6.45, 7) is 3.95. The SMILES string of the molecule is COC(=O)C1=C(N)OC2=C(C(=O)CC(C)(C)C2)[C@@H]1c1c(Cl)cccc1Cl. The Bertz CT molecular complexity index is 850. The molecule has 1 aliphatic carbocycles. The average Bonchev–Trinajstić information content (AvgIpc) is 2.52. The first-order valence-electron chi connectivity index (χ1n) is 8.12. The summed E-state index contributed by atoms with van der Waals surface area (Å²) in [4.78, 5) is 25.4. The van der Waals surface area contributed by atoms with Gasteiger partial charge in [0.2, 0.25) is 5.88 Å². The number of nitrogens with two attached hydrogens (primary N) is 1. The van der Waals surface area contributed by atoms with E-state index in [2.05, 4.69) is 0 Å². The summed E-state index contributed by atoms with van der Waals surface area (Å²) >= 11 is 12.8. The molecular formula is C19H19Cl2NO4. The molecule has 3 rings (SSSR count). The molecule has 2 aliphatic rings. The number of esters is 1. The van der Waals surface area contributed by atoms with E-state index in [0.717, 1.165) is 0 Å². The van der Waals surface area contributed by atoms with Crippen LogP contribution in [0.25, 0.3) is 0 Å². The van der Waals surface area contributed by atoms with E-state index in [9.17, 15) is 9.59 Å². The van der Waals surface area contributed by atoms with Crippen LogP contribution >= 0.6 is 23.2 Å². The minimum absolute atomic E-state index is 0.0364. The van der Waals surface area contributed by atoms with Crippen LogP contribution < -0.4 is 5.73 Å². The summed E-state index contributed by atoms with van der Waals surface area (Å²) in [5.74, 6) is -1.27. The van der Waals surface area contributed by atoms with E-state index in [1.54, 1.807) is 18.2 Å². The molecule has 1 aliphatic heterocycles. The van der Waals surface area contributed by atoms with Crippen molar-refractivity contribution in [3.05, 3.63) is 56.6 Å². The van der Waals surface area contributed by atoms with Crippen molar-refractivity contribution >= 4 is 35.0 Å². The lowest BCUT2D eigenvalue weighted by Crippen LogP contribution is -2.35. The Labute approximate surface area is 161 Å². The Hall–Kier alpha value is -1.98. The maximum absolute atomic E-state index is 13.0. The number of benzene rings is 1. The van der Waals surface area contributed by atoms with Crippen molar-refractivity contribution in [3.8, 4) is 0 Å². The molecule has 1 heterocycles. The van der Waals surface area contributed by atoms with Crippen LogP contribution in [-0.2, 0) is 19.1 Å². The number of ether oxygens (including phenoxy) is 2. The zero-order chi connectivity index (χ0) is 19.2. The highest BCUT2D eigenvalue weighted by Crippen LogP contribution is 2.50. The average molecular weight is 396 g/mol. The summed E-state index contributed by atoms with van der Waals surface area (Å²) in [5.41, 5.74) is 6.63. The van der Waals surface area contributed by atoms with Gasteiger partial charge in [-0.3, -0.25) is 4.79 Å². The predicted octanol–water partition coefficient (Wildman–Crippen LogP) is 4.09. The molecular weight excluding hydrogens is 377 g/mol. The van der Waals surface area contributed by atoms with Crippen LogP contribution in [0.4, 0.5) is 0 Å². The van der Waals surface area contributed by atoms with Crippen molar-refractivity contribution in [1.29, 1.82) is 0 Å². The Morgan fingerprint density at radius 3 is 2.46 bits per heavy atom. The zero-order valence-electron chi connectivity index (χ0n) is 14.7. The molecule has 5 nitrogen and oxygen atoms in total. The minimum Gasteiger partial charge on any atom is -0.465 e. The molecule has 0 bridgehead atoms. The first kappa shape index (κ1) is 18.8. The fourth-order valence-corrected chi connectivity index (χ4v) is 4.18. The third kappa shape index (κ3) is 3.10. The van der Waals surface area contributed by atoms with E-state index in [4.69, 9.17) is 38.4 Å². The lowest BCUT2D eigenvalue weighted by molar-refractivity contribution is -0.136. The number of hydrogen-bond donors (Lipinski definition) is 1.